The summed E-state index contributed by atoms with van der Waals surface area (Å²) in [7, 11) is 0. The topological polar surface area (TPSA) is 59.8 Å². The Balaban J connectivity index is 0.00000136. The molecule has 0 atom stereocenters. The number of aromatic nitrogens is 3. The van der Waals surface area contributed by atoms with Crippen molar-refractivity contribution >= 4 is 11.9 Å². The first kappa shape index (κ1) is 21.1. The molecule has 3 aromatic rings. The summed E-state index contributed by atoms with van der Waals surface area (Å²) in [5.74, 6) is -1.87. The second-order valence-corrected chi connectivity index (χ2v) is 5.42. The van der Waals surface area contributed by atoms with E-state index in [2.05, 4.69) is 15.4 Å². The summed E-state index contributed by atoms with van der Waals surface area (Å²) < 4.78 is 53.9. The van der Waals surface area contributed by atoms with E-state index in [9.17, 15) is 22.4 Å². The number of aryl methyl sites for hydroxylation is 1. The molecule has 0 aliphatic heterocycles. The normalized spacial score (nSPS) is 10.8. The SMILES string of the molecule is CC.Cc1ccccc1C(=O)Nc1ncn(-c2c(F)cccc2C(F)(F)F)n1. The van der Waals surface area contributed by atoms with Crippen molar-refractivity contribution in [3.63, 3.8) is 0 Å². The van der Waals surface area contributed by atoms with Crippen LogP contribution in [0.25, 0.3) is 5.69 Å². The molecule has 28 heavy (non-hydrogen) atoms. The fourth-order valence-corrected chi connectivity index (χ4v) is 2.40. The maximum absolute atomic E-state index is 14.0. The number of carbonyl (C=O) groups excluding carboxylic acids is 1. The maximum atomic E-state index is 14.0. The molecule has 148 valence electrons. The van der Waals surface area contributed by atoms with E-state index < -0.39 is 29.2 Å². The molecule has 1 aromatic heterocycles. The summed E-state index contributed by atoms with van der Waals surface area (Å²) in [4.78, 5) is 16.0. The molecule has 0 saturated carbocycles. The van der Waals surface area contributed by atoms with Gasteiger partial charge in [0.25, 0.3) is 5.91 Å². The second-order valence-electron chi connectivity index (χ2n) is 5.42. The third kappa shape index (κ3) is 4.54. The Morgan fingerprint density at radius 1 is 1.07 bits per heavy atom. The minimum Gasteiger partial charge on any atom is -0.289 e. The van der Waals surface area contributed by atoms with Crippen molar-refractivity contribution in [2.45, 2.75) is 26.9 Å². The van der Waals surface area contributed by atoms with Gasteiger partial charge in [0.2, 0.25) is 5.95 Å². The van der Waals surface area contributed by atoms with Crippen molar-refractivity contribution in [3.05, 3.63) is 71.3 Å². The van der Waals surface area contributed by atoms with E-state index in [1.807, 2.05) is 13.8 Å². The number of para-hydroxylation sites is 1. The number of carbonyl (C=O) groups is 1. The zero-order valence-electron chi connectivity index (χ0n) is 15.4. The smallest absolute Gasteiger partial charge is 0.289 e. The minimum absolute atomic E-state index is 0.241. The van der Waals surface area contributed by atoms with Crippen LogP contribution in [0.15, 0.2) is 48.8 Å². The van der Waals surface area contributed by atoms with Gasteiger partial charge in [-0.25, -0.2) is 9.07 Å². The standard InChI is InChI=1S/C17H12F4N4O.C2H6/c1-10-5-2-3-6-11(10)15(26)23-16-22-9-25(24-16)14-12(17(19,20)21)7-4-8-13(14)18;1-2/h2-9H,1H3,(H,23,24,26);1-2H3. The molecular weight excluding hydrogens is 376 g/mol. The van der Waals surface area contributed by atoms with Crippen molar-refractivity contribution in [3.8, 4) is 5.69 Å². The highest BCUT2D eigenvalue weighted by Crippen LogP contribution is 2.34. The van der Waals surface area contributed by atoms with Crippen molar-refractivity contribution in [1.82, 2.24) is 14.8 Å². The van der Waals surface area contributed by atoms with Crippen molar-refractivity contribution in [2.24, 2.45) is 0 Å². The van der Waals surface area contributed by atoms with E-state index in [4.69, 9.17) is 0 Å². The van der Waals surface area contributed by atoms with Gasteiger partial charge in [0, 0.05) is 5.56 Å². The fourth-order valence-electron chi connectivity index (χ4n) is 2.40. The summed E-state index contributed by atoms with van der Waals surface area (Å²) >= 11 is 0. The maximum Gasteiger partial charge on any atom is 0.418 e. The van der Waals surface area contributed by atoms with Gasteiger partial charge in [-0.05, 0) is 30.7 Å². The van der Waals surface area contributed by atoms with Gasteiger partial charge in [0.1, 0.15) is 17.8 Å². The zero-order valence-corrected chi connectivity index (χ0v) is 15.4. The number of amides is 1. The van der Waals surface area contributed by atoms with Gasteiger partial charge in [0.15, 0.2) is 0 Å². The van der Waals surface area contributed by atoms with Crippen LogP contribution in [0.1, 0.15) is 35.3 Å². The number of alkyl halides is 3. The van der Waals surface area contributed by atoms with E-state index in [0.717, 1.165) is 24.5 Å². The van der Waals surface area contributed by atoms with Gasteiger partial charge in [-0.2, -0.15) is 18.2 Å². The molecule has 0 radical (unpaired) electrons. The lowest BCUT2D eigenvalue weighted by Crippen LogP contribution is -2.15. The number of benzene rings is 2. The number of anilines is 1. The van der Waals surface area contributed by atoms with Crippen LogP contribution in [0.3, 0.4) is 0 Å². The molecular formula is C19H18F4N4O. The molecule has 9 heteroatoms. The summed E-state index contributed by atoms with van der Waals surface area (Å²) in [5.41, 5.74) is -0.910. The van der Waals surface area contributed by atoms with Crippen molar-refractivity contribution in [1.29, 1.82) is 0 Å². The van der Waals surface area contributed by atoms with Crippen LogP contribution in [-0.4, -0.2) is 20.7 Å². The molecule has 3 rings (SSSR count). The van der Waals surface area contributed by atoms with Crippen LogP contribution in [0, 0.1) is 12.7 Å². The molecule has 2 aromatic carbocycles. The summed E-state index contributed by atoms with van der Waals surface area (Å²) in [6, 6.07) is 9.33. The van der Waals surface area contributed by atoms with E-state index in [0.29, 0.717) is 15.8 Å². The predicted molar refractivity (Wildman–Crippen MR) is 96.8 cm³/mol. The van der Waals surface area contributed by atoms with Crippen LogP contribution >= 0.6 is 0 Å². The Morgan fingerprint density at radius 2 is 1.75 bits per heavy atom. The quantitative estimate of drug-likeness (QED) is 0.635. The summed E-state index contributed by atoms with van der Waals surface area (Å²) in [6.07, 6.45) is -3.87. The average Bonchev–Trinajstić information content (AvgIpc) is 3.10. The van der Waals surface area contributed by atoms with E-state index in [1.165, 1.54) is 0 Å². The van der Waals surface area contributed by atoms with Crippen molar-refractivity contribution in [2.75, 3.05) is 5.32 Å². The average molecular weight is 394 g/mol. The van der Waals surface area contributed by atoms with Crippen LogP contribution < -0.4 is 5.32 Å². The van der Waals surface area contributed by atoms with Crippen LogP contribution in [0.2, 0.25) is 0 Å². The van der Waals surface area contributed by atoms with E-state index in [1.54, 1.807) is 31.2 Å². The Labute approximate surface area is 159 Å². The lowest BCUT2D eigenvalue weighted by Gasteiger charge is -2.12. The molecule has 5 nitrogen and oxygen atoms in total. The summed E-state index contributed by atoms with van der Waals surface area (Å²) in [6.45, 7) is 5.73. The van der Waals surface area contributed by atoms with E-state index >= 15 is 0 Å². The second kappa shape index (κ2) is 8.64. The Kier molecular flexibility index (Phi) is 6.50. The number of nitrogens with zero attached hydrogens (tertiary/aromatic N) is 3. The number of hydrogen-bond donors (Lipinski definition) is 1. The van der Waals surface area contributed by atoms with Gasteiger partial charge < -0.3 is 0 Å². The Bertz CT molecular complexity index is 967. The number of halogens is 4. The molecule has 1 heterocycles. The predicted octanol–water partition coefficient (Wildman–Crippen LogP) is 5.01. The lowest BCUT2D eigenvalue weighted by atomic mass is 10.1. The molecule has 1 N–H and O–H groups in total. The van der Waals surface area contributed by atoms with Crippen molar-refractivity contribution < 1.29 is 22.4 Å². The van der Waals surface area contributed by atoms with Gasteiger partial charge in [-0.15, -0.1) is 5.10 Å². The molecule has 0 saturated heterocycles. The first-order valence-electron chi connectivity index (χ1n) is 8.42. The molecule has 1 amide bonds. The third-order valence-corrected chi connectivity index (χ3v) is 3.63. The molecule has 0 spiro atoms. The monoisotopic (exact) mass is 394 g/mol. The molecule has 0 aliphatic rings. The highest BCUT2D eigenvalue weighted by atomic mass is 19.4. The largest absolute Gasteiger partial charge is 0.418 e. The fraction of sp³-hybridized carbons (Fsp3) is 0.211. The molecule has 0 bridgehead atoms. The molecule has 0 unspecified atom stereocenters. The first-order chi connectivity index (χ1) is 13.3. The number of rotatable bonds is 3. The molecule has 0 fully saturated rings. The number of nitrogens with one attached hydrogen (secondary N) is 1. The van der Waals surface area contributed by atoms with Crippen LogP contribution in [-0.2, 0) is 6.18 Å². The van der Waals surface area contributed by atoms with Gasteiger partial charge in [-0.1, -0.05) is 38.1 Å². The zero-order chi connectivity index (χ0) is 20.9. The Morgan fingerprint density at radius 3 is 2.39 bits per heavy atom. The summed E-state index contributed by atoms with van der Waals surface area (Å²) in [5, 5.41) is 6.13. The van der Waals surface area contributed by atoms with Gasteiger partial charge in [-0.3, -0.25) is 10.1 Å². The number of hydrogen-bond acceptors (Lipinski definition) is 3. The van der Waals surface area contributed by atoms with Gasteiger partial charge in [0.05, 0.1) is 5.56 Å². The first-order valence-corrected chi connectivity index (χ1v) is 8.42. The molecule has 0 aliphatic carbocycles. The minimum atomic E-state index is -4.77. The van der Waals surface area contributed by atoms with Crippen LogP contribution in [0.5, 0.6) is 0 Å². The highest BCUT2D eigenvalue weighted by molar-refractivity contribution is 6.04. The van der Waals surface area contributed by atoms with Gasteiger partial charge >= 0.3 is 6.18 Å². The van der Waals surface area contributed by atoms with E-state index in [-0.39, 0.29) is 5.95 Å². The Hall–Kier alpha value is -3.23. The third-order valence-electron chi connectivity index (χ3n) is 3.63. The lowest BCUT2D eigenvalue weighted by molar-refractivity contribution is -0.137. The van der Waals surface area contributed by atoms with Crippen LogP contribution in [0.4, 0.5) is 23.5 Å². The highest BCUT2D eigenvalue weighted by Gasteiger charge is 2.35.